The van der Waals surface area contributed by atoms with Gasteiger partial charge in [0.05, 0.1) is 11.7 Å². The minimum absolute atomic E-state index is 0.130. The fraction of sp³-hybridized carbons (Fsp3) is 0.294. The molecule has 2 nitrogen and oxygen atoms in total. The molecule has 4 heteroatoms. The fourth-order valence-electron chi connectivity index (χ4n) is 3.28. The smallest absolute Gasteiger partial charge is 0.121 e. The molecule has 0 bridgehead atoms. The highest BCUT2D eigenvalue weighted by atomic mass is 79.9. The molecule has 2 atom stereocenters. The Morgan fingerprint density at radius 2 is 1.76 bits per heavy atom. The Balaban J connectivity index is 2.03. The number of hydrogen-bond acceptors (Lipinski definition) is 2. The van der Waals surface area contributed by atoms with Crippen molar-refractivity contribution in [2.75, 3.05) is 5.32 Å². The molecule has 0 heterocycles. The number of phenolic OH excluding ortho intramolecular Hbond substituents is 1. The van der Waals surface area contributed by atoms with Crippen molar-refractivity contribution in [2.24, 2.45) is 0 Å². The number of anilines is 1. The minimum Gasteiger partial charge on any atom is -0.508 e. The Morgan fingerprint density at radius 1 is 1.10 bits per heavy atom. The Bertz CT molecular complexity index is 679. The molecule has 0 amide bonds. The Hall–Kier alpha value is -1.000. The van der Waals surface area contributed by atoms with Crippen LogP contribution >= 0.6 is 31.9 Å². The van der Waals surface area contributed by atoms with Crippen LogP contribution in [0.3, 0.4) is 0 Å². The molecular weight excluding hydrogens is 394 g/mol. The van der Waals surface area contributed by atoms with Gasteiger partial charge in [-0.15, -0.1) is 0 Å². The SMILES string of the molecule is Cc1ccc(O)c2c1C(C)CC2Nc1c(Br)cccc1Br. The molecule has 21 heavy (non-hydrogen) atoms. The summed E-state index contributed by atoms with van der Waals surface area (Å²) in [6.07, 6.45) is 0.988. The predicted octanol–water partition coefficient (Wildman–Crippen LogP) is 5.89. The first-order valence-corrected chi connectivity index (χ1v) is 8.60. The molecule has 0 radical (unpaired) electrons. The van der Waals surface area contributed by atoms with Crippen LogP contribution in [0, 0.1) is 6.92 Å². The average Bonchev–Trinajstić information content (AvgIpc) is 2.77. The zero-order valence-electron chi connectivity index (χ0n) is 12.0. The molecule has 3 rings (SSSR count). The minimum atomic E-state index is 0.130. The van der Waals surface area contributed by atoms with E-state index in [9.17, 15) is 5.11 Å². The van der Waals surface area contributed by atoms with Crippen molar-refractivity contribution in [1.82, 2.24) is 0 Å². The number of para-hydroxylation sites is 1. The number of phenols is 1. The summed E-state index contributed by atoms with van der Waals surface area (Å²) in [6.45, 7) is 4.34. The number of nitrogens with one attached hydrogen (secondary N) is 1. The number of benzene rings is 2. The monoisotopic (exact) mass is 409 g/mol. The van der Waals surface area contributed by atoms with Gasteiger partial charge in [-0.1, -0.05) is 19.1 Å². The van der Waals surface area contributed by atoms with Crippen LogP contribution in [-0.2, 0) is 0 Å². The molecule has 2 aromatic rings. The van der Waals surface area contributed by atoms with Crippen molar-refractivity contribution < 1.29 is 5.11 Å². The molecule has 0 spiro atoms. The number of hydrogen-bond donors (Lipinski definition) is 2. The maximum Gasteiger partial charge on any atom is 0.121 e. The van der Waals surface area contributed by atoms with Crippen molar-refractivity contribution >= 4 is 37.5 Å². The van der Waals surface area contributed by atoms with E-state index in [4.69, 9.17) is 0 Å². The van der Waals surface area contributed by atoms with Crippen molar-refractivity contribution in [2.45, 2.75) is 32.2 Å². The molecule has 0 saturated carbocycles. The van der Waals surface area contributed by atoms with Crippen molar-refractivity contribution in [3.05, 3.63) is 56.0 Å². The topological polar surface area (TPSA) is 32.3 Å². The average molecular weight is 411 g/mol. The first kappa shape index (κ1) is 14.9. The lowest BCUT2D eigenvalue weighted by Crippen LogP contribution is -2.08. The molecule has 0 fully saturated rings. The second-order valence-corrected chi connectivity index (χ2v) is 7.37. The Kier molecular flexibility index (Phi) is 4.02. The second kappa shape index (κ2) is 5.65. The highest BCUT2D eigenvalue weighted by molar-refractivity contribution is 9.11. The summed E-state index contributed by atoms with van der Waals surface area (Å²) in [5.41, 5.74) is 4.62. The second-order valence-electron chi connectivity index (χ2n) is 5.66. The predicted molar refractivity (Wildman–Crippen MR) is 94.1 cm³/mol. The van der Waals surface area contributed by atoms with E-state index in [1.165, 1.54) is 11.1 Å². The standard InChI is InChI=1S/C17H17Br2NO/c1-9-6-7-14(21)16-13(8-10(2)15(9)16)20-17-11(18)4-3-5-12(17)19/h3-7,10,13,20-21H,8H2,1-2H3. The highest BCUT2D eigenvalue weighted by Crippen LogP contribution is 2.48. The lowest BCUT2D eigenvalue weighted by atomic mass is 9.97. The van der Waals surface area contributed by atoms with Crippen LogP contribution < -0.4 is 5.32 Å². The maximum absolute atomic E-state index is 10.3. The first-order chi connectivity index (χ1) is 9.99. The normalized spacial score (nSPS) is 20.4. The molecule has 0 aliphatic heterocycles. The molecule has 0 saturated heterocycles. The van der Waals surface area contributed by atoms with Gasteiger partial charge in [0, 0.05) is 14.5 Å². The third-order valence-electron chi connectivity index (χ3n) is 4.19. The van der Waals surface area contributed by atoms with Crippen LogP contribution in [0.4, 0.5) is 5.69 Å². The number of aromatic hydroxyl groups is 1. The summed E-state index contributed by atoms with van der Waals surface area (Å²) in [4.78, 5) is 0. The summed E-state index contributed by atoms with van der Waals surface area (Å²) in [7, 11) is 0. The van der Waals surface area contributed by atoms with Gasteiger partial charge in [0.25, 0.3) is 0 Å². The van der Waals surface area contributed by atoms with E-state index in [2.05, 4.69) is 51.0 Å². The summed E-state index contributed by atoms with van der Waals surface area (Å²) < 4.78 is 2.04. The van der Waals surface area contributed by atoms with Crippen LogP contribution in [0.5, 0.6) is 5.75 Å². The molecule has 2 aromatic carbocycles. The third-order valence-corrected chi connectivity index (χ3v) is 5.52. The van der Waals surface area contributed by atoms with Crippen LogP contribution in [0.25, 0.3) is 0 Å². The zero-order chi connectivity index (χ0) is 15.1. The van der Waals surface area contributed by atoms with Gasteiger partial charge in [-0.2, -0.15) is 0 Å². The summed E-state index contributed by atoms with van der Waals surface area (Å²) in [5.74, 6) is 0.839. The number of fused-ring (bicyclic) bond motifs is 1. The molecule has 2 unspecified atom stereocenters. The van der Waals surface area contributed by atoms with E-state index in [1.54, 1.807) is 6.07 Å². The molecular formula is C17H17Br2NO. The van der Waals surface area contributed by atoms with Crippen LogP contribution in [0.2, 0.25) is 0 Å². The third kappa shape index (κ3) is 2.59. The Labute approximate surface area is 141 Å². The van der Waals surface area contributed by atoms with Gasteiger partial charge < -0.3 is 10.4 Å². The lowest BCUT2D eigenvalue weighted by molar-refractivity contribution is 0.465. The molecule has 1 aliphatic carbocycles. The van der Waals surface area contributed by atoms with Crippen molar-refractivity contribution in [3.63, 3.8) is 0 Å². The summed E-state index contributed by atoms with van der Waals surface area (Å²) in [5, 5.41) is 13.9. The van der Waals surface area contributed by atoms with Gasteiger partial charge in [0.2, 0.25) is 0 Å². The lowest BCUT2D eigenvalue weighted by Gasteiger charge is -2.19. The van der Waals surface area contributed by atoms with Gasteiger partial charge in [-0.05, 0) is 80.4 Å². The van der Waals surface area contributed by atoms with Gasteiger partial charge in [0.15, 0.2) is 0 Å². The van der Waals surface area contributed by atoms with E-state index in [1.807, 2.05) is 24.3 Å². The molecule has 110 valence electrons. The van der Waals surface area contributed by atoms with Crippen LogP contribution in [0.1, 0.15) is 42.0 Å². The maximum atomic E-state index is 10.3. The first-order valence-electron chi connectivity index (χ1n) is 7.02. The van der Waals surface area contributed by atoms with Gasteiger partial charge in [-0.3, -0.25) is 0 Å². The number of halogens is 2. The number of rotatable bonds is 2. The molecule has 1 aliphatic rings. The van der Waals surface area contributed by atoms with Gasteiger partial charge in [0.1, 0.15) is 5.75 Å². The van der Waals surface area contributed by atoms with Crippen molar-refractivity contribution in [1.29, 1.82) is 0 Å². The zero-order valence-corrected chi connectivity index (χ0v) is 15.1. The van der Waals surface area contributed by atoms with E-state index in [-0.39, 0.29) is 6.04 Å². The van der Waals surface area contributed by atoms with Crippen molar-refractivity contribution in [3.8, 4) is 5.75 Å². The van der Waals surface area contributed by atoms with E-state index in [0.29, 0.717) is 11.7 Å². The summed E-state index contributed by atoms with van der Waals surface area (Å²) in [6, 6.07) is 9.96. The fourth-order valence-corrected chi connectivity index (χ4v) is 4.51. The van der Waals surface area contributed by atoms with Crippen LogP contribution in [0.15, 0.2) is 39.3 Å². The van der Waals surface area contributed by atoms with Gasteiger partial charge in [-0.25, -0.2) is 0 Å². The Morgan fingerprint density at radius 3 is 2.43 bits per heavy atom. The van der Waals surface area contributed by atoms with E-state index in [0.717, 1.165) is 26.6 Å². The van der Waals surface area contributed by atoms with Crippen LogP contribution in [-0.4, -0.2) is 5.11 Å². The van der Waals surface area contributed by atoms with E-state index < -0.39 is 0 Å². The quantitative estimate of drug-likeness (QED) is 0.647. The largest absolute Gasteiger partial charge is 0.508 e. The van der Waals surface area contributed by atoms with Gasteiger partial charge >= 0.3 is 0 Å². The molecule has 0 aromatic heterocycles. The number of aryl methyl sites for hydroxylation is 1. The van der Waals surface area contributed by atoms with E-state index >= 15 is 0 Å². The highest BCUT2D eigenvalue weighted by Gasteiger charge is 2.32. The summed E-state index contributed by atoms with van der Waals surface area (Å²) >= 11 is 7.17. The molecule has 2 N–H and O–H groups in total.